The third-order valence-electron chi connectivity index (χ3n) is 2.84. The van der Waals surface area contributed by atoms with Crippen LogP contribution in [0, 0.1) is 0 Å². The van der Waals surface area contributed by atoms with Crippen molar-refractivity contribution in [3.8, 4) is 0 Å². The Labute approximate surface area is 112 Å². The van der Waals surface area contributed by atoms with Crippen LogP contribution in [-0.4, -0.2) is 40.4 Å². The van der Waals surface area contributed by atoms with Crippen molar-refractivity contribution in [1.82, 2.24) is 4.90 Å². The summed E-state index contributed by atoms with van der Waals surface area (Å²) in [6.45, 7) is 9.86. The summed E-state index contributed by atoms with van der Waals surface area (Å²) in [7, 11) is 0. The third kappa shape index (κ3) is 15.4. The molecule has 0 amide bonds. The SMILES string of the molecule is CCCCCCCC(=O)O.CCN(CC)C(C)O. The normalized spacial score (nSPS) is 11.9. The Kier molecular flexibility index (Phi) is 15.8. The molecule has 4 heteroatoms. The predicted octanol–water partition coefficient (Wildman–Crippen LogP) is 3.10. The highest BCUT2D eigenvalue weighted by atomic mass is 16.4. The van der Waals surface area contributed by atoms with Gasteiger partial charge in [-0.3, -0.25) is 9.69 Å². The average molecular weight is 261 g/mol. The summed E-state index contributed by atoms with van der Waals surface area (Å²) in [6.07, 6.45) is 5.60. The van der Waals surface area contributed by atoms with Gasteiger partial charge in [-0.2, -0.15) is 0 Å². The smallest absolute Gasteiger partial charge is 0.303 e. The summed E-state index contributed by atoms with van der Waals surface area (Å²) < 4.78 is 0. The van der Waals surface area contributed by atoms with Gasteiger partial charge in [-0.05, 0) is 26.4 Å². The summed E-state index contributed by atoms with van der Waals surface area (Å²) in [5.41, 5.74) is 0. The molecular weight excluding hydrogens is 230 g/mol. The first-order valence-electron chi connectivity index (χ1n) is 7.13. The fraction of sp³-hybridized carbons (Fsp3) is 0.929. The van der Waals surface area contributed by atoms with Crippen LogP contribution < -0.4 is 0 Å². The lowest BCUT2D eigenvalue weighted by Gasteiger charge is -2.20. The maximum absolute atomic E-state index is 10.0. The molecule has 18 heavy (non-hydrogen) atoms. The van der Waals surface area contributed by atoms with Crippen molar-refractivity contribution in [2.45, 2.75) is 72.4 Å². The molecule has 0 aliphatic rings. The Morgan fingerprint density at radius 2 is 1.56 bits per heavy atom. The molecular formula is C14H31NO3. The second-order valence-corrected chi connectivity index (χ2v) is 4.41. The Bertz CT molecular complexity index is 180. The fourth-order valence-electron chi connectivity index (χ4n) is 1.63. The molecule has 0 aliphatic carbocycles. The Balaban J connectivity index is 0. The molecule has 0 aromatic carbocycles. The van der Waals surface area contributed by atoms with Crippen LogP contribution in [0.2, 0.25) is 0 Å². The van der Waals surface area contributed by atoms with E-state index in [4.69, 9.17) is 10.2 Å². The van der Waals surface area contributed by atoms with Crippen LogP contribution in [0.1, 0.15) is 66.2 Å². The number of aliphatic carboxylic acids is 1. The highest BCUT2D eigenvalue weighted by molar-refractivity contribution is 5.66. The van der Waals surface area contributed by atoms with Crippen LogP contribution >= 0.6 is 0 Å². The molecule has 0 aliphatic heterocycles. The van der Waals surface area contributed by atoms with E-state index in [0.717, 1.165) is 25.9 Å². The zero-order valence-electron chi connectivity index (χ0n) is 12.5. The monoisotopic (exact) mass is 261 g/mol. The lowest BCUT2D eigenvalue weighted by molar-refractivity contribution is -0.137. The summed E-state index contributed by atoms with van der Waals surface area (Å²) in [4.78, 5) is 12.0. The topological polar surface area (TPSA) is 60.8 Å². The highest BCUT2D eigenvalue weighted by Crippen LogP contribution is 2.04. The molecule has 110 valence electrons. The van der Waals surface area contributed by atoms with E-state index in [1.54, 1.807) is 6.92 Å². The van der Waals surface area contributed by atoms with E-state index in [9.17, 15) is 4.79 Å². The zero-order valence-corrected chi connectivity index (χ0v) is 12.5. The van der Waals surface area contributed by atoms with Gasteiger partial charge >= 0.3 is 5.97 Å². The standard InChI is InChI=1S/C8H16O2.C6H15NO/c1-2-3-4-5-6-7-8(9)10;1-4-7(5-2)6(3)8/h2-7H2,1H3,(H,9,10);6,8H,4-5H2,1-3H3. The number of carbonyl (C=O) groups is 1. The molecule has 0 aromatic rings. The lowest BCUT2D eigenvalue weighted by Crippen LogP contribution is -2.32. The van der Waals surface area contributed by atoms with Gasteiger partial charge in [0.2, 0.25) is 0 Å². The van der Waals surface area contributed by atoms with Crippen molar-refractivity contribution in [2.75, 3.05) is 13.1 Å². The Morgan fingerprint density at radius 1 is 1.06 bits per heavy atom. The van der Waals surface area contributed by atoms with Crippen molar-refractivity contribution in [2.24, 2.45) is 0 Å². The first-order chi connectivity index (χ1) is 8.49. The van der Waals surface area contributed by atoms with Gasteiger partial charge < -0.3 is 10.2 Å². The van der Waals surface area contributed by atoms with Gasteiger partial charge in [0.15, 0.2) is 0 Å². The van der Waals surface area contributed by atoms with E-state index in [-0.39, 0.29) is 6.23 Å². The second kappa shape index (κ2) is 14.5. The minimum absolute atomic E-state index is 0.287. The molecule has 0 spiro atoms. The van der Waals surface area contributed by atoms with Gasteiger partial charge in [0.25, 0.3) is 0 Å². The van der Waals surface area contributed by atoms with E-state index in [2.05, 4.69) is 6.92 Å². The maximum atomic E-state index is 10.0. The fourth-order valence-corrected chi connectivity index (χ4v) is 1.63. The summed E-state index contributed by atoms with van der Waals surface area (Å²) in [5, 5.41) is 17.2. The number of hydrogen-bond donors (Lipinski definition) is 2. The van der Waals surface area contributed by atoms with Gasteiger partial charge in [-0.25, -0.2) is 0 Å². The van der Waals surface area contributed by atoms with E-state index in [0.29, 0.717) is 6.42 Å². The molecule has 1 atom stereocenters. The Morgan fingerprint density at radius 3 is 1.83 bits per heavy atom. The number of nitrogens with zero attached hydrogens (tertiary/aromatic N) is 1. The van der Waals surface area contributed by atoms with E-state index in [1.165, 1.54) is 19.3 Å². The first-order valence-corrected chi connectivity index (χ1v) is 7.13. The van der Waals surface area contributed by atoms with Gasteiger partial charge in [0.05, 0.1) is 0 Å². The van der Waals surface area contributed by atoms with Crippen molar-refractivity contribution < 1.29 is 15.0 Å². The van der Waals surface area contributed by atoms with E-state index in [1.807, 2.05) is 18.7 Å². The molecule has 0 bridgehead atoms. The average Bonchev–Trinajstić information content (AvgIpc) is 2.30. The predicted molar refractivity (Wildman–Crippen MR) is 75.6 cm³/mol. The largest absolute Gasteiger partial charge is 0.481 e. The number of aliphatic hydroxyl groups is 1. The number of rotatable bonds is 9. The van der Waals surface area contributed by atoms with Gasteiger partial charge in [0.1, 0.15) is 6.23 Å². The number of aliphatic hydroxyl groups excluding tert-OH is 1. The second-order valence-electron chi connectivity index (χ2n) is 4.41. The molecule has 0 saturated carbocycles. The molecule has 0 radical (unpaired) electrons. The van der Waals surface area contributed by atoms with Crippen LogP contribution in [0.15, 0.2) is 0 Å². The van der Waals surface area contributed by atoms with Crippen molar-refractivity contribution in [3.63, 3.8) is 0 Å². The van der Waals surface area contributed by atoms with Gasteiger partial charge in [-0.1, -0.05) is 46.5 Å². The number of carboxylic acids is 1. The van der Waals surface area contributed by atoms with Crippen molar-refractivity contribution >= 4 is 5.97 Å². The van der Waals surface area contributed by atoms with Gasteiger partial charge in [0, 0.05) is 6.42 Å². The van der Waals surface area contributed by atoms with Crippen molar-refractivity contribution in [3.05, 3.63) is 0 Å². The molecule has 0 saturated heterocycles. The maximum Gasteiger partial charge on any atom is 0.303 e. The molecule has 1 unspecified atom stereocenters. The van der Waals surface area contributed by atoms with Crippen molar-refractivity contribution in [1.29, 1.82) is 0 Å². The molecule has 4 nitrogen and oxygen atoms in total. The lowest BCUT2D eigenvalue weighted by atomic mass is 10.1. The molecule has 0 aromatic heterocycles. The molecule has 2 N–H and O–H groups in total. The van der Waals surface area contributed by atoms with Crippen LogP contribution in [-0.2, 0) is 4.79 Å². The molecule has 0 fully saturated rings. The summed E-state index contributed by atoms with van der Waals surface area (Å²) >= 11 is 0. The van der Waals surface area contributed by atoms with Gasteiger partial charge in [-0.15, -0.1) is 0 Å². The minimum Gasteiger partial charge on any atom is -0.481 e. The van der Waals surface area contributed by atoms with Crippen LogP contribution in [0.3, 0.4) is 0 Å². The summed E-state index contributed by atoms with van der Waals surface area (Å²) in [6, 6.07) is 0. The Hall–Kier alpha value is -0.610. The number of carboxylic acid groups (broad SMARTS) is 1. The molecule has 0 heterocycles. The minimum atomic E-state index is -0.670. The first kappa shape index (κ1) is 19.7. The number of unbranched alkanes of at least 4 members (excludes halogenated alkanes) is 4. The van der Waals surface area contributed by atoms with E-state index < -0.39 is 5.97 Å². The number of hydrogen-bond acceptors (Lipinski definition) is 3. The van der Waals surface area contributed by atoms with E-state index >= 15 is 0 Å². The third-order valence-corrected chi connectivity index (χ3v) is 2.84. The summed E-state index contributed by atoms with van der Waals surface area (Å²) in [5.74, 6) is -0.670. The quantitative estimate of drug-likeness (QED) is 0.494. The highest BCUT2D eigenvalue weighted by Gasteiger charge is 2.02. The van der Waals surface area contributed by atoms with Crippen LogP contribution in [0.4, 0.5) is 0 Å². The zero-order chi connectivity index (χ0) is 14.4. The molecule has 0 rings (SSSR count). The van der Waals surface area contributed by atoms with Crippen LogP contribution in [0.25, 0.3) is 0 Å². The van der Waals surface area contributed by atoms with Crippen LogP contribution in [0.5, 0.6) is 0 Å².